The highest BCUT2D eigenvalue weighted by molar-refractivity contribution is 7.89. The number of carbonyl (C=O) groups excluding carboxylic acids is 1. The van der Waals surface area contributed by atoms with Gasteiger partial charge in [-0.1, -0.05) is 13.0 Å². The molecule has 1 amide bonds. The summed E-state index contributed by atoms with van der Waals surface area (Å²) in [6, 6.07) is 10.8. The van der Waals surface area contributed by atoms with Crippen LogP contribution >= 0.6 is 0 Å². The van der Waals surface area contributed by atoms with Crippen LogP contribution in [0.15, 0.2) is 42.6 Å². The van der Waals surface area contributed by atoms with E-state index in [1.54, 1.807) is 19.2 Å². The number of rotatable bonds is 7. The minimum atomic E-state index is -4.71. The normalized spacial score (nSPS) is 24.1. The lowest BCUT2D eigenvalue weighted by molar-refractivity contribution is -0.121. The summed E-state index contributed by atoms with van der Waals surface area (Å²) >= 11 is 0. The predicted octanol–water partition coefficient (Wildman–Crippen LogP) is 3.23. The highest BCUT2D eigenvalue weighted by Crippen LogP contribution is 2.25. The van der Waals surface area contributed by atoms with Crippen molar-refractivity contribution < 1.29 is 26.7 Å². The third-order valence-electron chi connectivity index (χ3n) is 7.29. The van der Waals surface area contributed by atoms with Crippen molar-refractivity contribution in [1.82, 2.24) is 24.6 Å². The van der Waals surface area contributed by atoms with Crippen molar-refractivity contribution in [3.05, 3.63) is 48.3 Å². The molecule has 0 aromatic carbocycles. The summed E-state index contributed by atoms with van der Waals surface area (Å²) in [4.78, 5) is 29.1. The molecular weight excluding hydrogens is 554 g/mol. The van der Waals surface area contributed by atoms with Crippen molar-refractivity contribution >= 4 is 32.7 Å². The maximum atomic E-state index is 13.1. The van der Waals surface area contributed by atoms with E-state index >= 15 is 0 Å². The van der Waals surface area contributed by atoms with E-state index in [1.807, 2.05) is 44.2 Å². The fourth-order valence-corrected chi connectivity index (χ4v) is 6.65. The number of morpholine rings is 1. The van der Waals surface area contributed by atoms with Crippen LogP contribution in [0.1, 0.15) is 32.9 Å². The summed E-state index contributed by atoms with van der Waals surface area (Å²) in [6.45, 7) is 7.19. The fourth-order valence-electron chi connectivity index (χ4n) is 5.58. The molecule has 1 N–H and O–H groups in total. The van der Waals surface area contributed by atoms with Crippen LogP contribution in [-0.4, -0.2) is 83.8 Å². The summed E-state index contributed by atoms with van der Waals surface area (Å²) in [7, 11) is -4.71. The molecule has 41 heavy (non-hydrogen) atoms. The van der Waals surface area contributed by atoms with Crippen molar-refractivity contribution in [2.75, 3.05) is 31.1 Å². The first-order valence-electron chi connectivity index (χ1n) is 13.7. The first-order valence-corrected chi connectivity index (χ1v) is 15.2. The highest BCUT2D eigenvalue weighted by atomic mass is 32.2. The highest BCUT2D eigenvalue weighted by Gasteiger charge is 2.38. The number of pyridine rings is 3. The van der Waals surface area contributed by atoms with E-state index in [1.165, 1.54) is 0 Å². The second-order valence-electron chi connectivity index (χ2n) is 11.0. The molecule has 0 aliphatic carbocycles. The van der Waals surface area contributed by atoms with Gasteiger partial charge < -0.3 is 15.0 Å². The summed E-state index contributed by atoms with van der Waals surface area (Å²) in [6.07, 6.45) is 2.30. The number of nitrogens with zero attached hydrogens (tertiary/aromatic N) is 5. The van der Waals surface area contributed by atoms with Crippen molar-refractivity contribution in [2.24, 2.45) is 5.92 Å². The van der Waals surface area contributed by atoms with E-state index in [9.17, 15) is 22.0 Å². The lowest BCUT2D eigenvalue weighted by Crippen LogP contribution is -2.53. The van der Waals surface area contributed by atoms with Crippen molar-refractivity contribution in [2.45, 2.75) is 57.6 Å². The van der Waals surface area contributed by atoms with Crippen LogP contribution in [0.4, 0.5) is 14.6 Å². The first kappa shape index (κ1) is 29.2. The molecule has 2 saturated heterocycles. The molecule has 5 heterocycles. The fraction of sp³-hybridized carbons (Fsp3) is 0.500. The Bertz CT molecular complexity index is 1510. The number of carbonyl (C=O) groups is 1. The Morgan fingerprint density at radius 1 is 1.05 bits per heavy atom. The topological polar surface area (TPSA) is 118 Å². The maximum Gasteiger partial charge on any atom is 0.350 e. The van der Waals surface area contributed by atoms with Gasteiger partial charge in [0.2, 0.25) is 5.91 Å². The maximum absolute atomic E-state index is 13.1. The quantitative estimate of drug-likeness (QED) is 0.447. The number of anilines is 1. The van der Waals surface area contributed by atoms with Gasteiger partial charge in [0.15, 0.2) is 0 Å². The number of ether oxygens (including phenoxy) is 1. The summed E-state index contributed by atoms with van der Waals surface area (Å²) in [5.41, 5.74) is 2.55. The predicted molar refractivity (Wildman–Crippen MR) is 151 cm³/mol. The molecule has 2 aliphatic heterocycles. The minimum absolute atomic E-state index is 0.00172. The smallest absolute Gasteiger partial charge is 0.350 e. The zero-order valence-electron chi connectivity index (χ0n) is 23.2. The van der Waals surface area contributed by atoms with Gasteiger partial charge in [-0.2, -0.15) is 13.1 Å². The van der Waals surface area contributed by atoms with E-state index in [2.05, 4.69) is 15.2 Å². The molecule has 0 bridgehead atoms. The van der Waals surface area contributed by atoms with E-state index in [0.717, 1.165) is 34.3 Å². The van der Waals surface area contributed by atoms with Crippen LogP contribution in [0.3, 0.4) is 0 Å². The zero-order valence-corrected chi connectivity index (χ0v) is 24.0. The number of aromatic nitrogens is 3. The molecule has 4 atom stereocenters. The van der Waals surface area contributed by atoms with Crippen LogP contribution in [0.5, 0.6) is 0 Å². The third kappa shape index (κ3) is 6.79. The molecule has 220 valence electrons. The van der Waals surface area contributed by atoms with E-state index < -0.39 is 21.8 Å². The Morgan fingerprint density at radius 3 is 2.51 bits per heavy atom. The lowest BCUT2D eigenvalue weighted by Gasteiger charge is -2.36. The zero-order chi connectivity index (χ0) is 29.3. The van der Waals surface area contributed by atoms with Gasteiger partial charge in [-0.3, -0.25) is 9.78 Å². The lowest BCUT2D eigenvalue weighted by atomic mass is 9.97. The van der Waals surface area contributed by atoms with E-state index in [0.29, 0.717) is 23.3 Å². The average Bonchev–Trinajstić information content (AvgIpc) is 2.91. The molecule has 2 fully saturated rings. The van der Waals surface area contributed by atoms with Gasteiger partial charge in [-0.15, -0.1) is 0 Å². The van der Waals surface area contributed by atoms with Crippen LogP contribution < -0.4 is 10.2 Å². The largest absolute Gasteiger partial charge is 0.372 e. The minimum Gasteiger partial charge on any atom is -0.372 e. The Kier molecular flexibility index (Phi) is 8.48. The summed E-state index contributed by atoms with van der Waals surface area (Å²) in [5, 5.41) is 3.60. The molecular formula is C28H34F2N6O4S. The van der Waals surface area contributed by atoms with Gasteiger partial charge in [-0.05, 0) is 56.5 Å². The van der Waals surface area contributed by atoms with Gasteiger partial charge >= 0.3 is 5.76 Å². The number of piperidine rings is 1. The van der Waals surface area contributed by atoms with Gasteiger partial charge in [0.1, 0.15) is 5.82 Å². The van der Waals surface area contributed by atoms with Crippen LogP contribution in [0, 0.1) is 5.92 Å². The van der Waals surface area contributed by atoms with E-state index in [4.69, 9.17) is 14.7 Å². The number of nitrogens with one attached hydrogen (secondary N) is 1. The number of hydrogen-bond acceptors (Lipinski definition) is 8. The molecule has 5 rings (SSSR count). The van der Waals surface area contributed by atoms with Gasteiger partial charge in [-0.25, -0.2) is 18.4 Å². The Hall–Kier alpha value is -3.29. The van der Waals surface area contributed by atoms with E-state index in [-0.39, 0.29) is 43.5 Å². The number of hydrogen-bond donors (Lipinski definition) is 1. The average molecular weight is 589 g/mol. The van der Waals surface area contributed by atoms with Gasteiger partial charge in [0.25, 0.3) is 10.0 Å². The Morgan fingerprint density at radius 2 is 1.78 bits per heavy atom. The molecule has 0 radical (unpaired) electrons. The SMILES string of the molecule is C[C@H]1C[C@@H](NC(=O)Cc2cc3nc(-c4cccc(N5C[C@@H](C)O[C@@H](C)C5)n4)ccc3cn2)CN(S(=O)(=O)C(F)F)C1. The van der Waals surface area contributed by atoms with Crippen LogP contribution in [0.2, 0.25) is 0 Å². The Balaban J connectivity index is 1.29. The van der Waals surface area contributed by atoms with Crippen molar-refractivity contribution in [1.29, 1.82) is 0 Å². The first-order chi connectivity index (χ1) is 19.5. The molecule has 0 saturated carbocycles. The van der Waals surface area contributed by atoms with Crippen LogP contribution in [-0.2, 0) is 26.0 Å². The number of amides is 1. The monoisotopic (exact) mass is 588 g/mol. The second-order valence-corrected chi connectivity index (χ2v) is 12.9. The van der Waals surface area contributed by atoms with Gasteiger partial charge in [0.05, 0.1) is 41.2 Å². The number of sulfonamides is 1. The number of alkyl halides is 2. The third-order valence-corrected chi connectivity index (χ3v) is 8.76. The molecule has 10 nitrogen and oxygen atoms in total. The van der Waals surface area contributed by atoms with Crippen LogP contribution in [0.25, 0.3) is 22.3 Å². The number of halogens is 2. The molecule has 3 aromatic rings. The Labute approximate surface area is 238 Å². The van der Waals surface area contributed by atoms with Crippen molar-refractivity contribution in [3.63, 3.8) is 0 Å². The molecule has 3 aromatic heterocycles. The van der Waals surface area contributed by atoms with Crippen molar-refractivity contribution in [3.8, 4) is 11.4 Å². The molecule has 13 heteroatoms. The summed E-state index contributed by atoms with van der Waals surface area (Å²) < 4.78 is 56.7. The molecule has 0 spiro atoms. The molecule has 0 unspecified atom stereocenters. The summed E-state index contributed by atoms with van der Waals surface area (Å²) in [5.74, 6) is -3.18. The molecule has 2 aliphatic rings. The second kappa shape index (κ2) is 11.9. The van der Waals surface area contributed by atoms with Gasteiger partial charge in [0, 0.05) is 43.8 Å². The number of fused-ring (bicyclic) bond motifs is 1. The standard InChI is InChI=1S/C28H34F2N6O4S/c1-17-9-22(16-36(13-17)41(38,39)28(29)30)32-27(37)11-21-10-25-20(12-31-21)7-8-24(33-25)23-5-4-6-26(34-23)35-14-18(2)40-19(3)15-35/h4-8,10,12,17-19,22,28H,9,11,13-16H2,1-3H3,(H,32,37)/t17-,18-,19+,22+/m0/s1.